The fraction of sp³-hybridized carbons (Fsp3) is 0.350. The molecule has 2 aromatic rings. The van der Waals surface area contributed by atoms with Crippen molar-refractivity contribution in [3.05, 3.63) is 58.7 Å². The lowest BCUT2D eigenvalue weighted by Gasteiger charge is -2.20. The number of ether oxygens (including phenoxy) is 2. The summed E-state index contributed by atoms with van der Waals surface area (Å²) >= 11 is 0. The Bertz CT molecular complexity index is 725. The summed E-state index contributed by atoms with van der Waals surface area (Å²) in [6, 6.07) is 11.5. The van der Waals surface area contributed by atoms with Crippen LogP contribution in [0.15, 0.2) is 36.4 Å². The molecule has 0 fully saturated rings. The average molecular weight is 327 g/mol. The molecule has 4 nitrogen and oxygen atoms in total. The summed E-state index contributed by atoms with van der Waals surface area (Å²) in [7, 11) is 3.13. The average Bonchev–Trinajstić information content (AvgIpc) is 2.59. The minimum atomic E-state index is -0.122. The predicted molar refractivity (Wildman–Crippen MR) is 96.0 cm³/mol. The molecule has 0 heterocycles. The van der Waals surface area contributed by atoms with Gasteiger partial charge in [0.1, 0.15) is 0 Å². The van der Waals surface area contributed by atoms with E-state index in [-0.39, 0.29) is 11.9 Å². The number of methoxy groups -OCH3 is 2. The van der Waals surface area contributed by atoms with Crippen molar-refractivity contribution >= 4 is 5.91 Å². The summed E-state index contributed by atoms with van der Waals surface area (Å²) in [6.45, 7) is 6.21. The number of carbonyl (C=O) groups is 1. The summed E-state index contributed by atoms with van der Waals surface area (Å²) in [4.78, 5) is 12.6. The first-order chi connectivity index (χ1) is 11.5. The van der Waals surface area contributed by atoms with Gasteiger partial charge in [0.15, 0.2) is 11.5 Å². The van der Waals surface area contributed by atoms with Crippen LogP contribution in [-0.2, 0) is 0 Å². The van der Waals surface area contributed by atoms with Gasteiger partial charge in [-0.05, 0) is 49.6 Å². The van der Waals surface area contributed by atoms with Gasteiger partial charge in [0.2, 0.25) is 0 Å². The molecule has 1 amide bonds. The maximum Gasteiger partial charge on any atom is 0.251 e. The summed E-state index contributed by atoms with van der Waals surface area (Å²) in [5.74, 6) is 1.03. The second kappa shape index (κ2) is 7.86. The monoisotopic (exact) mass is 327 g/mol. The van der Waals surface area contributed by atoms with Gasteiger partial charge in [-0.1, -0.05) is 30.7 Å². The van der Waals surface area contributed by atoms with Gasteiger partial charge in [0.25, 0.3) is 5.91 Å². The van der Waals surface area contributed by atoms with Gasteiger partial charge < -0.3 is 14.8 Å². The van der Waals surface area contributed by atoms with Crippen molar-refractivity contribution in [2.45, 2.75) is 33.2 Å². The normalized spacial score (nSPS) is 11.7. The zero-order valence-electron chi connectivity index (χ0n) is 15.0. The van der Waals surface area contributed by atoms with Gasteiger partial charge in [-0.3, -0.25) is 4.79 Å². The number of hydrogen-bond acceptors (Lipinski definition) is 3. The van der Waals surface area contributed by atoms with Crippen LogP contribution in [0.5, 0.6) is 11.5 Å². The Labute approximate surface area is 143 Å². The van der Waals surface area contributed by atoms with Gasteiger partial charge in [0.05, 0.1) is 20.3 Å². The van der Waals surface area contributed by atoms with Gasteiger partial charge >= 0.3 is 0 Å². The van der Waals surface area contributed by atoms with Gasteiger partial charge in [-0.15, -0.1) is 0 Å². The van der Waals surface area contributed by atoms with E-state index in [1.807, 2.05) is 0 Å². The highest BCUT2D eigenvalue weighted by molar-refractivity contribution is 5.95. The van der Waals surface area contributed by atoms with E-state index in [9.17, 15) is 4.79 Å². The highest BCUT2D eigenvalue weighted by atomic mass is 16.5. The molecule has 0 saturated heterocycles. The lowest BCUT2D eigenvalue weighted by molar-refractivity contribution is 0.0935. The molecule has 0 saturated carbocycles. The fourth-order valence-corrected chi connectivity index (χ4v) is 2.84. The number of hydrogen-bond donors (Lipinski definition) is 1. The lowest BCUT2D eigenvalue weighted by Crippen LogP contribution is -2.28. The van der Waals surface area contributed by atoms with Crippen LogP contribution in [0.3, 0.4) is 0 Å². The Morgan fingerprint density at radius 2 is 1.75 bits per heavy atom. The third-order valence-corrected chi connectivity index (χ3v) is 4.16. The topological polar surface area (TPSA) is 47.6 Å². The van der Waals surface area contributed by atoms with Crippen molar-refractivity contribution in [1.29, 1.82) is 0 Å². The van der Waals surface area contributed by atoms with Gasteiger partial charge in [0, 0.05) is 5.56 Å². The summed E-state index contributed by atoms with van der Waals surface area (Å²) in [5.41, 5.74) is 4.11. The molecule has 0 aliphatic heterocycles. The molecule has 24 heavy (non-hydrogen) atoms. The summed E-state index contributed by atoms with van der Waals surface area (Å²) in [6.07, 6.45) is 0.822. The molecule has 0 aromatic heterocycles. The number of nitrogens with one attached hydrogen (secondary N) is 1. The minimum absolute atomic E-state index is 0.0220. The van der Waals surface area contributed by atoms with Gasteiger partial charge in [-0.25, -0.2) is 0 Å². The standard InChI is InChI=1S/C20H25NO3/c1-6-17(16-9-7-13(2)11-14(16)3)21-20(22)15-8-10-18(23-4)19(12-15)24-5/h7-12,17H,6H2,1-5H3,(H,21,22)/t17-/m0/s1. The molecule has 128 valence electrons. The third kappa shape index (κ3) is 3.88. The molecule has 0 aliphatic rings. The molecule has 2 aromatic carbocycles. The van der Waals surface area contributed by atoms with Gasteiger partial charge in [-0.2, -0.15) is 0 Å². The van der Waals surface area contributed by atoms with E-state index >= 15 is 0 Å². The SMILES string of the molecule is CC[C@H](NC(=O)c1ccc(OC)c(OC)c1)c1ccc(C)cc1C. The second-order valence-corrected chi connectivity index (χ2v) is 5.86. The van der Waals surface area contributed by atoms with E-state index in [0.717, 1.165) is 12.0 Å². The second-order valence-electron chi connectivity index (χ2n) is 5.86. The molecule has 0 spiro atoms. The maximum atomic E-state index is 12.6. The van der Waals surface area contributed by atoms with Crippen LogP contribution in [0, 0.1) is 13.8 Å². The predicted octanol–water partition coefficient (Wildman–Crippen LogP) is 4.20. The molecule has 0 aliphatic carbocycles. The van der Waals surface area contributed by atoms with Crippen molar-refractivity contribution < 1.29 is 14.3 Å². The molecule has 0 bridgehead atoms. The fourth-order valence-electron chi connectivity index (χ4n) is 2.84. The zero-order chi connectivity index (χ0) is 17.7. The Kier molecular flexibility index (Phi) is 5.85. The van der Waals surface area contributed by atoms with Crippen molar-refractivity contribution in [1.82, 2.24) is 5.32 Å². The van der Waals surface area contributed by atoms with Crippen molar-refractivity contribution in [2.24, 2.45) is 0 Å². The molecule has 1 N–H and O–H groups in total. The number of benzene rings is 2. The Balaban J connectivity index is 2.23. The van der Waals surface area contributed by atoms with Crippen LogP contribution < -0.4 is 14.8 Å². The molecule has 4 heteroatoms. The van der Waals surface area contributed by atoms with E-state index in [2.05, 4.69) is 44.3 Å². The summed E-state index contributed by atoms with van der Waals surface area (Å²) < 4.78 is 10.5. The van der Waals surface area contributed by atoms with Crippen molar-refractivity contribution in [3.8, 4) is 11.5 Å². The molecule has 2 rings (SSSR count). The van der Waals surface area contributed by atoms with Crippen LogP contribution in [0.4, 0.5) is 0 Å². The molecule has 0 unspecified atom stereocenters. The van der Waals surface area contributed by atoms with Crippen LogP contribution in [0.25, 0.3) is 0 Å². The van der Waals surface area contributed by atoms with Crippen molar-refractivity contribution in [2.75, 3.05) is 14.2 Å². The molecular weight excluding hydrogens is 302 g/mol. The lowest BCUT2D eigenvalue weighted by atomic mass is 9.97. The first-order valence-electron chi connectivity index (χ1n) is 8.10. The first-order valence-corrected chi connectivity index (χ1v) is 8.10. The molecular formula is C20H25NO3. The number of aryl methyl sites for hydroxylation is 2. The quantitative estimate of drug-likeness (QED) is 0.865. The molecule has 1 atom stereocenters. The van der Waals surface area contributed by atoms with E-state index in [1.54, 1.807) is 32.4 Å². The first kappa shape index (κ1) is 17.9. The highest BCUT2D eigenvalue weighted by Gasteiger charge is 2.17. The largest absolute Gasteiger partial charge is 0.493 e. The third-order valence-electron chi connectivity index (χ3n) is 4.16. The Morgan fingerprint density at radius 1 is 1.04 bits per heavy atom. The maximum absolute atomic E-state index is 12.6. The van der Waals surface area contributed by atoms with E-state index in [0.29, 0.717) is 17.1 Å². The Morgan fingerprint density at radius 3 is 2.33 bits per heavy atom. The highest BCUT2D eigenvalue weighted by Crippen LogP contribution is 2.28. The van der Waals surface area contributed by atoms with E-state index in [4.69, 9.17) is 9.47 Å². The van der Waals surface area contributed by atoms with Crippen LogP contribution >= 0.6 is 0 Å². The molecule has 0 radical (unpaired) electrons. The number of amides is 1. The minimum Gasteiger partial charge on any atom is -0.493 e. The van der Waals surface area contributed by atoms with E-state index in [1.165, 1.54) is 11.1 Å². The summed E-state index contributed by atoms with van der Waals surface area (Å²) in [5, 5.41) is 3.11. The number of carbonyl (C=O) groups excluding carboxylic acids is 1. The van der Waals surface area contributed by atoms with Crippen LogP contribution in [-0.4, -0.2) is 20.1 Å². The van der Waals surface area contributed by atoms with E-state index < -0.39 is 0 Å². The van der Waals surface area contributed by atoms with Crippen LogP contribution in [0.1, 0.15) is 46.4 Å². The smallest absolute Gasteiger partial charge is 0.251 e. The van der Waals surface area contributed by atoms with Crippen molar-refractivity contribution in [3.63, 3.8) is 0 Å². The number of rotatable bonds is 6. The Hall–Kier alpha value is -2.49. The van der Waals surface area contributed by atoms with Crippen LogP contribution in [0.2, 0.25) is 0 Å². The zero-order valence-corrected chi connectivity index (χ0v) is 15.0.